The number of halogens is 1. The number of imidazole rings is 1. The number of hydrogen-bond donors (Lipinski definition) is 1. The van der Waals surface area contributed by atoms with Crippen LogP contribution in [0.25, 0.3) is 0 Å². The number of guanidine groups is 1. The summed E-state index contributed by atoms with van der Waals surface area (Å²) in [6.45, 7) is 7.13. The molecule has 8 nitrogen and oxygen atoms in total. The van der Waals surface area contributed by atoms with Crippen LogP contribution >= 0.6 is 24.0 Å². The SMILES string of the molecule is CN=C(NCc1cccc(Cn2ccnc2C)c1)N1CCN(c2ncccn2)CC1.I. The van der Waals surface area contributed by atoms with Gasteiger partial charge in [-0.3, -0.25) is 4.99 Å². The number of aryl methyl sites for hydroxylation is 1. The molecule has 0 spiro atoms. The van der Waals surface area contributed by atoms with Gasteiger partial charge < -0.3 is 19.7 Å². The highest BCUT2D eigenvalue weighted by Gasteiger charge is 2.21. The van der Waals surface area contributed by atoms with Crippen molar-refractivity contribution in [3.05, 3.63) is 72.1 Å². The summed E-state index contributed by atoms with van der Waals surface area (Å²) in [5.74, 6) is 2.75. The number of hydrogen-bond acceptors (Lipinski definition) is 5. The highest BCUT2D eigenvalue weighted by atomic mass is 127. The number of piperazine rings is 1. The molecule has 1 saturated heterocycles. The molecule has 3 aromatic rings. The van der Waals surface area contributed by atoms with Crippen LogP contribution in [0.5, 0.6) is 0 Å². The van der Waals surface area contributed by atoms with Crippen molar-refractivity contribution in [2.75, 3.05) is 38.1 Å². The molecule has 0 amide bonds. The number of anilines is 1. The summed E-state index contributed by atoms with van der Waals surface area (Å²) in [4.78, 5) is 22.0. The number of aromatic nitrogens is 4. The van der Waals surface area contributed by atoms with Crippen molar-refractivity contribution in [1.82, 2.24) is 29.7 Å². The molecule has 31 heavy (non-hydrogen) atoms. The Bertz CT molecular complexity index is 980. The van der Waals surface area contributed by atoms with E-state index in [1.807, 2.05) is 32.4 Å². The fraction of sp³-hybridized carbons (Fsp3) is 0.364. The normalized spacial score (nSPS) is 14.3. The fourth-order valence-electron chi connectivity index (χ4n) is 3.69. The minimum absolute atomic E-state index is 0. The summed E-state index contributed by atoms with van der Waals surface area (Å²) in [6.07, 6.45) is 7.44. The van der Waals surface area contributed by atoms with Crippen LogP contribution in [0, 0.1) is 6.92 Å². The van der Waals surface area contributed by atoms with Crippen LogP contribution in [0.3, 0.4) is 0 Å². The molecule has 4 rings (SSSR count). The van der Waals surface area contributed by atoms with Crippen LogP contribution in [-0.2, 0) is 13.1 Å². The van der Waals surface area contributed by atoms with Crippen LogP contribution in [0.1, 0.15) is 17.0 Å². The summed E-state index contributed by atoms with van der Waals surface area (Å²) in [7, 11) is 1.84. The van der Waals surface area contributed by atoms with Gasteiger partial charge in [0.05, 0.1) is 0 Å². The minimum Gasteiger partial charge on any atom is -0.352 e. The molecule has 164 valence electrons. The average Bonchev–Trinajstić information content (AvgIpc) is 3.20. The Hall–Kier alpha value is -2.69. The maximum absolute atomic E-state index is 4.49. The number of aliphatic imine (C=N–C) groups is 1. The summed E-state index contributed by atoms with van der Waals surface area (Å²) in [5.41, 5.74) is 2.50. The van der Waals surface area contributed by atoms with Crippen molar-refractivity contribution in [1.29, 1.82) is 0 Å². The second-order valence-corrected chi connectivity index (χ2v) is 7.35. The van der Waals surface area contributed by atoms with E-state index in [2.05, 4.69) is 63.9 Å². The Morgan fingerprint density at radius 3 is 2.42 bits per heavy atom. The van der Waals surface area contributed by atoms with E-state index in [4.69, 9.17) is 0 Å². The molecule has 1 aromatic carbocycles. The van der Waals surface area contributed by atoms with Gasteiger partial charge in [0.25, 0.3) is 0 Å². The lowest BCUT2D eigenvalue weighted by Gasteiger charge is -2.36. The predicted molar refractivity (Wildman–Crippen MR) is 134 cm³/mol. The van der Waals surface area contributed by atoms with Crippen LogP contribution in [0.4, 0.5) is 5.95 Å². The van der Waals surface area contributed by atoms with Gasteiger partial charge in [0.2, 0.25) is 5.95 Å². The first kappa shape index (κ1) is 23.0. The number of rotatable bonds is 5. The third-order valence-corrected chi connectivity index (χ3v) is 5.34. The highest BCUT2D eigenvalue weighted by Crippen LogP contribution is 2.11. The maximum Gasteiger partial charge on any atom is 0.225 e. The first-order chi connectivity index (χ1) is 14.7. The van der Waals surface area contributed by atoms with Gasteiger partial charge in [0, 0.05) is 71.1 Å². The summed E-state index contributed by atoms with van der Waals surface area (Å²) in [5, 5.41) is 3.51. The smallest absolute Gasteiger partial charge is 0.225 e. The molecule has 3 heterocycles. The lowest BCUT2D eigenvalue weighted by Crippen LogP contribution is -2.52. The molecule has 0 bridgehead atoms. The van der Waals surface area contributed by atoms with Crippen molar-refractivity contribution in [3.63, 3.8) is 0 Å². The first-order valence-corrected chi connectivity index (χ1v) is 10.3. The molecule has 0 atom stereocenters. The van der Waals surface area contributed by atoms with Crippen molar-refractivity contribution in [2.45, 2.75) is 20.0 Å². The van der Waals surface area contributed by atoms with E-state index < -0.39 is 0 Å². The van der Waals surface area contributed by atoms with E-state index in [1.54, 1.807) is 12.4 Å². The molecule has 0 radical (unpaired) electrons. The van der Waals surface area contributed by atoms with Gasteiger partial charge in [0.15, 0.2) is 5.96 Å². The number of nitrogens with one attached hydrogen (secondary N) is 1. The molecular weight excluding hydrogens is 503 g/mol. The zero-order valence-electron chi connectivity index (χ0n) is 18.0. The van der Waals surface area contributed by atoms with Gasteiger partial charge >= 0.3 is 0 Å². The summed E-state index contributed by atoms with van der Waals surface area (Å²) < 4.78 is 2.15. The first-order valence-electron chi connectivity index (χ1n) is 10.3. The molecule has 0 saturated carbocycles. The standard InChI is InChI=1S/C22H28N8.HI/c1-18-24-9-10-30(18)17-20-6-3-5-19(15-20)16-27-21(23-2)28-11-13-29(14-12-28)22-25-7-4-8-26-22;/h3-10,15H,11-14,16-17H2,1-2H3,(H,23,27);1H. The molecule has 1 aliphatic rings. The molecular formula is C22H29IN8. The van der Waals surface area contributed by atoms with E-state index in [-0.39, 0.29) is 24.0 Å². The Labute approximate surface area is 200 Å². The van der Waals surface area contributed by atoms with Crippen LogP contribution < -0.4 is 10.2 Å². The minimum atomic E-state index is 0. The van der Waals surface area contributed by atoms with Crippen LogP contribution in [-0.4, -0.2) is 63.6 Å². The Morgan fingerprint density at radius 1 is 1.00 bits per heavy atom. The second-order valence-electron chi connectivity index (χ2n) is 7.35. The van der Waals surface area contributed by atoms with Crippen LogP contribution in [0.2, 0.25) is 0 Å². The van der Waals surface area contributed by atoms with E-state index in [0.29, 0.717) is 0 Å². The van der Waals surface area contributed by atoms with Crippen molar-refractivity contribution in [3.8, 4) is 0 Å². The summed E-state index contributed by atoms with van der Waals surface area (Å²) in [6, 6.07) is 10.5. The van der Waals surface area contributed by atoms with E-state index in [0.717, 1.165) is 57.0 Å². The molecule has 1 aliphatic heterocycles. The third kappa shape index (κ3) is 5.93. The average molecular weight is 532 g/mol. The van der Waals surface area contributed by atoms with Crippen molar-refractivity contribution >= 4 is 35.9 Å². The van der Waals surface area contributed by atoms with E-state index in [9.17, 15) is 0 Å². The lowest BCUT2D eigenvalue weighted by atomic mass is 10.1. The highest BCUT2D eigenvalue weighted by molar-refractivity contribution is 14.0. The third-order valence-electron chi connectivity index (χ3n) is 5.34. The molecule has 2 aromatic heterocycles. The van der Waals surface area contributed by atoms with Gasteiger partial charge in [0.1, 0.15) is 5.82 Å². The second kappa shape index (κ2) is 11.1. The van der Waals surface area contributed by atoms with Gasteiger partial charge in [-0.2, -0.15) is 0 Å². The summed E-state index contributed by atoms with van der Waals surface area (Å²) >= 11 is 0. The number of benzene rings is 1. The van der Waals surface area contributed by atoms with Gasteiger partial charge in [-0.25, -0.2) is 15.0 Å². The van der Waals surface area contributed by atoms with Crippen LogP contribution in [0.15, 0.2) is 60.1 Å². The Kier molecular flexibility index (Phi) is 8.21. The zero-order valence-corrected chi connectivity index (χ0v) is 20.3. The molecule has 1 N–H and O–H groups in total. The Morgan fingerprint density at radius 2 is 1.74 bits per heavy atom. The molecule has 9 heteroatoms. The maximum atomic E-state index is 4.49. The van der Waals surface area contributed by atoms with Crippen molar-refractivity contribution in [2.24, 2.45) is 4.99 Å². The largest absolute Gasteiger partial charge is 0.352 e. The zero-order chi connectivity index (χ0) is 20.8. The predicted octanol–water partition coefficient (Wildman–Crippen LogP) is 2.55. The quantitative estimate of drug-likeness (QED) is 0.310. The molecule has 0 unspecified atom stereocenters. The molecule has 1 fully saturated rings. The lowest BCUT2D eigenvalue weighted by molar-refractivity contribution is 0.370. The monoisotopic (exact) mass is 532 g/mol. The topological polar surface area (TPSA) is 74.5 Å². The number of nitrogens with zero attached hydrogens (tertiary/aromatic N) is 7. The van der Waals surface area contributed by atoms with Gasteiger partial charge in [-0.1, -0.05) is 24.3 Å². The van der Waals surface area contributed by atoms with Gasteiger partial charge in [-0.15, -0.1) is 24.0 Å². The fourth-order valence-corrected chi connectivity index (χ4v) is 3.69. The van der Waals surface area contributed by atoms with Crippen molar-refractivity contribution < 1.29 is 0 Å². The van der Waals surface area contributed by atoms with E-state index in [1.165, 1.54) is 11.1 Å². The van der Waals surface area contributed by atoms with E-state index >= 15 is 0 Å². The molecule has 0 aliphatic carbocycles. The Balaban J connectivity index is 0.00000272. The van der Waals surface area contributed by atoms with Gasteiger partial charge in [-0.05, 0) is 24.1 Å².